The molecule has 1 saturated heterocycles. The lowest BCUT2D eigenvalue weighted by Crippen LogP contribution is -2.43. The Morgan fingerprint density at radius 2 is 2.14 bits per heavy atom. The Hall–Kier alpha value is -1.79. The molecule has 0 aromatic heterocycles. The Balaban J connectivity index is 1.82. The SMILES string of the molecule is COCCCNC(=O)N[C@@H]1CC(=O)N(c2ccc(Cl)cc2)C1. The van der Waals surface area contributed by atoms with Gasteiger partial charge < -0.3 is 20.3 Å². The van der Waals surface area contributed by atoms with Crippen LogP contribution in [0.4, 0.5) is 10.5 Å². The number of urea groups is 1. The molecule has 120 valence electrons. The van der Waals surface area contributed by atoms with E-state index in [2.05, 4.69) is 10.6 Å². The van der Waals surface area contributed by atoms with Crippen LogP contribution >= 0.6 is 11.6 Å². The highest BCUT2D eigenvalue weighted by molar-refractivity contribution is 6.30. The molecule has 2 rings (SSSR count). The van der Waals surface area contributed by atoms with Crippen molar-refractivity contribution < 1.29 is 14.3 Å². The van der Waals surface area contributed by atoms with E-state index in [9.17, 15) is 9.59 Å². The van der Waals surface area contributed by atoms with E-state index in [1.807, 2.05) is 0 Å². The van der Waals surface area contributed by atoms with Crippen LogP contribution in [-0.2, 0) is 9.53 Å². The van der Waals surface area contributed by atoms with Crippen LogP contribution in [-0.4, -0.2) is 44.8 Å². The smallest absolute Gasteiger partial charge is 0.315 e. The van der Waals surface area contributed by atoms with Gasteiger partial charge >= 0.3 is 6.03 Å². The zero-order valence-electron chi connectivity index (χ0n) is 12.5. The van der Waals surface area contributed by atoms with E-state index in [0.29, 0.717) is 31.1 Å². The van der Waals surface area contributed by atoms with Gasteiger partial charge in [0.05, 0.1) is 6.04 Å². The third-order valence-electron chi connectivity index (χ3n) is 3.41. The molecular formula is C15H20ClN3O3. The van der Waals surface area contributed by atoms with E-state index in [0.717, 1.165) is 12.1 Å². The highest BCUT2D eigenvalue weighted by atomic mass is 35.5. The van der Waals surface area contributed by atoms with Gasteiger partial charge in [0.25, 0.3) is 0 Å². The second-order valence-electron chi connectivity index (χ2n) is 5.13. The van der Waals surface area contributed by atoms with Crippen LogP contribution in [0.25, 0.3) is 0 Å². The molecule has 1 atom stereocenters. The van der Waals surface area contributed by atoms with Gasteiger partial charge in [0.15, 0.2) is 0 Å². The molecule has 0 bridgehead atoms. The predicted molar refractivity (Wildman–Crippen MR) is 85.2 cm³/mol. The molecule has 0 aliphatic carbocycles. The molecule has 1 aliphatic heterocycles. The topological polar surface area (TPSA) is 70.7 Å². The molecule has 1 heterocycles. The van der Waals surface area contributed by atoms with E-state index in [4.69, 9.17) is 16.3 Å². The first-order valence-electron chi connectivity index (χ1n) is 7.19. The number of ether oxygens (including phenoxy) is 1. The van der Waals surface area contributed by atoms with E-state index in [1.165, 1.54) is 0 Å². The van der Waals surface area contributed by atoms with Crippen molar-refractivity contribution >= 4 is 29.2 Å². The summed E-state index contributed by atoms with van der Waals surface area (Å²) in [5.41, 5.74) is 0.791. The molecule has 0 saturated carbocycles. The number of halogens is 1. The minimum atomic E-state index is -0.258. The highest BCUT2D eigenvalue weighted by Gasteiger charge is 2.31. The van der Waals surface area contributed by atoms with E-state index in [-0.39, 0.29) is 18.0 Å². The van der Waals surface area contributed by atoms with Crippen molar-refractivity contribution in [2.24, 2.45) is 0 Å². The van der Waals surface area contributed by atoms with Crippen LogP contribution in [0.5, 0.6) is 0 Å². The molecular weight excluding hydrogens is 306 g/mol. The third-order valence-corrected chi connectivity index (χ3v) is 3.66. The van der Waals surface area contributed by atoms with Gasteiger partial charge in [-0.3, -0.25) is 4.79 Å². The summed E-state index contributed by atoms with van der Waals surface area (Å²) in [6.45, 7) is 1.61. The summed E-state index contributed by atoms with van der Waals surface area (Å²) in [6, 6.07) is 6.64. The fourth-order valence-electron chi connectivity index (χ4n) is 2.33. The molecule has 1 aromatic carbocycles. The number of hydrogen-bond acceptors (Lipinski definition) is 3. The molecule has 6 nitrogen and oxygen atoms in total. The number of amides is 3. The molecule has 0 radical (unpaired) electrons. The van der Waals surface area contributed by atoms with Gasteiger partial charge in [-0.1, -0.05) is 11.6 Å². The maximum absolute atomic E-state index is 12.1. The zero-order valence-corrected chi connectivity index (χ0v) is 13.2. The largest absolute Gasteiger partial charge is 0.385 e. The van der Waals surface area contributed by atoms with Gasteiger partial charge in [0, 0.05) is 43.9 Å². The number of benzene rings is 1. The molecule has 7 heteroatoms. The van der Waals surface area contributed by atoms with E-state index in [1.54, 1.807) is 36.3 Å². The molecule has 1 fully saturated rings. The van der Waals surface area contributed by atoms with Gasteiger partial charge in [-0.25, -0.2) is 4.79 Å². The summed E-state index contributed by atoms with van der Waals surface area (Å²) in [5, 5.41) is 6.19. The van der Waals surface area contributed by atoms with Gasteiger partial charge in [0.1, 0.15) is 0 Å². The summed E-state index contributed by atoms with van der Waals surface area (Å²) in [4.78, 5) is 25.5. The monoisotopic (exact) mass is 325 g/mol. The Morgan fingerprint density at radius 1 is 1.41 bits per heavy atom. The van der Waals surface area contributed by atoms with Gasteiger partial charge in [-0.2, -0.15) is 0 Å². The second-order valence-corrected chi connectivity index (χ2v) is 5.56. The lowest BCUT2D eigenvalue weighted by atomic mass is 10.2. The van der Waals surface area contributed by atoms with Crippen LogP contribution < -0.4 is 15.5 Å². The van der Waals surface area contributed by atoms with Crippen molar-refractivity contribution in [2.75, 3.05) is 31.7 Å². The van der Waals surface area contributed by atoms with Crippen LogP contribution in [0.3, 0.4) is 0 Å². The Kier molecular flexibility index (Phi) is 6.03. The number of nitrogens with one attached hydrogen (secondary N) is 2. The number of anilines is 1. The number of carbonyl (C=O) groups is 2. The molecule has 3 amide bonds. The maximum Gasteiger partial charge on any atom is 0.315 e. The Morgan fingerprint density at radius 3 is 2.82 bits per heavy atom. The molecule has 0 unspecified atom stereocenters. The zero-order chi connectivity index (χ0) is 15.9. The van der Waals surface area contributed by atoms with Gasteiger partial charge in [0.2, 0.25) is 5.91 Å². The first-order valence-corrected chi connectivity index (χ1v) is 7.57. The summed E-state index contributed by atoms with van der Waals surface area (Å²) in [7, 11) is 1.62. The number of carbonyl (C=O) groups excluding carboxylic acids is 2. The maximum atomic E-state index is 12.1. The average Bonchev–Trinajstić information content (AvgIpc) is 2.85. The summed E-state index contributed by atoms with van der Waals surface area (Å²) < 4.78 is 4.91. The van der Waals surface area contributed by atoms with Crippen LogP contribution in [0, 0.1) is 0 Å². The first kappa shape index (κ1) is 16.6. The molecule has 2 N–H and O–H groups in total. The van der Waals surface area contributed by atoms with Gasteiger partial charge in [-0.15, -0.1) is 0 Å². The quantitative estimate of drug-likeness (QED) is 0.783. The lowest BCUT2D eigenvalue weighted by Gasteiger charge is -2.17. The van der Waals surface area contributed by atoms with Crippen molar-refractivity contribution in [3.05, 3.63) is 29.3 Å². The summed E-state index contributed by atoms with van der Waals surface area (Å²) in [6.07, 6.45) is 1.05. The van der Waals surface area contributed by atoms with E-state index >= 15 is 0 Å². The molecule has 22 heavy (non-hydrogen) atoms. The molecule has 0 spiro atoms. The van der Waals surface area contributed by atoms with Crippen molar-refractivity contribution in [2.45, 2.75) is 18.9 Å². The predicted octanol–water partition coefficient (Wildman–Crippen LogP) is 1.78. The third kappa shape index (κ3) is 4.61. The fourth-order valence-corrected chi connectivity index (χ4v) is 2.46. The highest BCUT2D eigenvalue weighted by Crippen LogP contribution is 2.23. The fraction of sp³-hybridized carbons (Fsp3) is 0.467. The second kappa shape index (κ2) is 8.00. The standard InChI is InChI=1S/C15H20ClN3O3/c1-22-8-2-7-17-15(21)18-12-9-14(20)19(10-12)13-5-3-11(16)4-6-13/h3-6,12H,2,7-10H2,1H3,(H2,17,18,21)/t12-/m1/s1. The number of rotatable bonds is 6. The van der Waals surface area contributed by atoms with Crippen LogP contribution in [0.15, 0.2) is 24.3 Å². The minimum Gasteiger partial charge on any atom is -0.385 e. The van der Waals surface area contributed by atoms with Crippen molar-refractivity contribution in [3.8, 4) is 0 Å². The number of hydrogen-bond donors (Lipinski definition) is 2. The van der Waals surface area contributed by atoms with Crippen molar-refractivity contribution in [1.29, 1.82) is 0 Å². The molecule has 1 aromatic rings. The number of methoxy groups -OCH3 is 1. The van der Waals surface area contributed by atoms with Crippen molar-refractivity contribution in [1.82, 2.24) is 10.6 Å². The summed E-state index contributed by atoms with van der Waals surface area (Å²) in [5.74, 6) is -0.00740. The first-order chi connectivity index (χ1) is 10.6. The Labute approximate surface area is 134 Å². The summed E-state index contributed by atoms with van der Waals surface area (Å²) >= 11 is 5.85. The lowest BCUT2D eigenvalue weighted by molar-refractivity contribution is -0.117. The molecule has 1 aliphatic rings. The van der Waals surface area contributed by atoms with Crippen LogP contribution in [0.2, 0.25) is 5.02 Å². The normalized spacial score (nSPS) is 17.6. The van der Waals surface area contributed by atoms with Crippen LogP contribution in [0.1, 0.15) is 12.8 Å². The minimum absolute atomic E-state index is 0.00740. The Bertz CT molecular complexity index is 521. The average molecular weight is 326 g/mol. The van der Waals surface area contributed by atoms with Gasteiger partial charge in [-0.05, 0) is 30.7 Å². The van der Waals surface area contributed by atoms with E-state index < -0.39 is 0 Å². The van der Waals surface area contributed by atoms with Crippen molar-refractivity contribution in [3.63, 3.8) is 0 Å². The number of nitrogens with zero attached hydrogens (tertiary/aromatic N) is 1.